The molecule has 0 atom stereocenters. The van der Waals surface area contributed by atoms with Gasteiger partial charge in [-0.1, -0.05) is 60.1 Å². The summed E-state index contributed by atoms with van der Waals surface area (Å²) in [5.74, 6) is 0.202. The summed E-state index contributed by atoms with van der Waals surface area (Å²) in [7, 11) is 0. The van der Waals surface area contributed by atoms with Crippen LogP contribution in [0.4, 0.5) is 5.69 Å². The summed E-state index contributed by atoms with van der Waals surface area (Å²) in [4.78, 5) is 15.2. The van der Waals surface area contributed by atoms with Gasteiger partial charge in [0.2, 0.25) is 5.91 Å². The standard InChI is InChI=1S/C23H23ClN2O/c24-20-8-3-5-17(15-20)16-26-13-11-19(12-14-26)23(27)25-22-10-4-7-18-6-1-2-9-21(18)22/h1-10,15,19H,11-14,16H2,(H,25,27). The van der Waals surface area contributed by atoms with E-state index in [2.05, 4.69) is 34.5 Å². The Hall–Kier alpha value is -2.36. The molecule has 4 heteroatoms. The van der Waals surface area contributed by atoms with Crippen LogP contribution in [0.2, 0.25) is 5.02 Å². The maximum absolute atomic E-state index is 12.8. The first-order valence-corrected chi connectivity index (χ1v) is 9.82. The summed E-state index contributed by atoms with van der Waals surface area (Å²) >= 11 is 6.07. The highest BCUT2D eigenvalue weighted by molar-refractivity contribution is 6.30. The number of anilines is 1. The maximum Gasteiger partial charge on any atom is 0.227 e. The Morgan fingerprint density at radius 1 is 1.00 bits per heavy atom. The normalized spacial score (nSPS) is 15.7. The van der Waals surface area contributed by atoms with Gasteiger partial charge in [0.05, 0.1) is 0 Å². The Labute approximate surface area is 164 Å². The Balaban J connectivity index is 1.36. The highest BCUT2D eigenvalue weighted by Gasteiger charge is 2.25. The smallest absolute Gasteiger partial charge is 0.227 e. The molecule has 1 aliphatic rings. The number of rotatable bonds is 4. The molecule has 0 aliphatic carbocycles. The lowest BCUT2D eigenvalue weighted by molar-refractivity contribution is -0.121. The molecular formula is C23H23ClN2O. The second-order valence-electron chi connectivity index (χ2n) is 7.20. The van der Waals surface area contributed by atoms with Crippen molar-refractivity contribution in [1.29, 1.82) is 0 Å². The van der Waals surface area contributed by atoms with E-state index in [1.165, 1.54) is 5.56 Å². The van der Waals surface area contributed by atoms with E-state index >= 15 is 0 Å². The monoisotopic (exact) mass is 378 g/mol. The fourth-order valence-electron chi connectivity index (χ4n) is 3.82. The van der Waals surface area contributed by atoms with Gasteiger partial charge in [-0.2, -0.15) is 0 Å². The summed E-state index contributed by atoms with van der Waals surface area (Å²) in [6.07, 6.45) is 1.77. The molecular weight excluding hydrogens is 356 g/mol. The molecule has 0 aromatic heterocycles. The molecule has 3 nitrogen and oxygen atoms in total. The maximum atomic E-state index is 12.8. The number of benzene rings is 3. The number of carbonyl (C=O) groups is 1. The SMILES string of the molecule is O=C(Nc1cccc2ccccc12)C1CCN(Cc2cccc(Cl)c2)CC1. The van der Waals surface area contributed by atoms with Crippen LogP contribution >= 0.6 is 11.6 Å². The van der Waals surface area contributed by atoms with Crippen molar-refractivity contribution in [2.75, 3.05) is 18.4 Å². The van der Waals surface area contributed by atoms with Crippen molar-refractivity contribution in [3.05, 3.63) is 77.3 Å². The minimum absolute atomic E-state index is 0.0691. The topological polar surface area (TPSA) is 32.3 Å². The van der Waals surface area contributed by atoms with E-state index in [0.29, 0.717) is 0 Å². The van der Waals surface area contributed by atoms with Crippen LogP contribution in [0.3, 0.4) is 0 Å². The summed E-state index contributed by atoms with van der Waals surface area (Å²) < 4.78 is 0. The van der Waals surface area contributed by atoms with E-state index in [9.17, 15) is 4.79 Å². The number of piperidine rings is 1. The fourth-order valence-corrected chi connectivity index (χ4v) is 4.03. The Kier molecular flexibility index (Phi) is 5.42. The summed E-state index contributed by atoms with van der Waals surface area (Å²) in [5, 5.41) is 6.16. The van der Waals surface area contributed by atoms with Crippen LogP contribution in [0.25, 0.3) is 10.8 Å². The van der Waals surface area contributed by atoms with Gasteiger partial charge in [0.25, 0.3) is 0 Å². The summed E-state index contributed by atoms with van der Waals surface area (Å²) in [5.41, 5.74) is 2.13. The number of fused-ring (bicyclic) bond motifs is 1. The van der Waals surface area contributed by atoms with E-state index in [0.717, 1.165) is 54.0 Å². The van der Waals surface area contributed by atoms with Crippen LogP contribution in [0.15, 0.2) is 66.7 Å². The first-order chi connectivity index (χ1) is 13.2. The molecule has 3 aromatic carbocycles. The number of carbonyl (C=O) groups excluding carboxylic acids is 1. The van der Waals surface area contributed by atoms with E-state index < -0.39 is 0 Å². The van der Waals surface area contributed by atoms with Gasteiger partial charge in [-0.15, -0.1) is 0 Å². The molecule has 27 heavy (non-hydrogen) atoms. The molecule has 0 bridgehead atoms. The number of likely N-dealkylation sites (tertiary alicyclic amines) is 1. The van der Waals surface area contributed by atoms with Crippen molar-refractivity contribution in [2.45, 2.75) is 19.4 Å². The minimum Gasteiger partial charge on any atom is -0.325 e. The predicted octanol–water partition coefficient (Wildman–Crippen LogP) is 5.34. The van der Waals surface area contributed by atoms with E-state index in [1.54, 1.807) is 0 Å². The number of halogens is 1. The van der Waals surface area contributed by atoms with Crippen molar-refractivity contribution in [3.8, 4) is 0 Å². The van der Waals surface area contributed by atoms with Crippen molar-refractivity contribution in [3.63, 3.8) is 0 Å². The lowest BCUT2D eigenvalue weighted by Crippen LogP contribution is -2.37. The quantitative estimate of drug-likeness (QED) is 0.664. The van der Waals surface area contributed by atoms with Crippen molar-refractivity contribution in [2.24, 2.45) is 5.92 Å². The molecule has 1 N–H and O–H groups in total. The Bertz CT molecular complexity index is 943. The molecule has 0 radical (unpaired) electrons. The molecule has 0 saturated carbocycles. The Morgan fingerprint density at radius 2 is 1.74 bits per heavy atom. The fraction of sp³-hybridized carbons (Fsp3) is 0.261. The van der Waals surface area contributed by atoms with Crippen LogP contribution in [0.1, 0.15) is 18.4 Å². The van der Waals surface area contributed by atoms with Crippen LogP contribution in [-0.4, -0.2) is 23.9 Å². The molecule has 0 unspecified atom stereocenters. The third kappa shape index (κ3) is 4.32. The van der Waals surface area contributed by atoms with Crippen LogP contribution in [-0.2, 0) is 11.3 Å². The molecule has 4 rings (SSSR count). The number of nitrogens with one attached hydrogen (secondary N) is 1. The average Bonchev–Trinajstić information content (AvgIpc) is 2.69. The largest absolute Gasteiger partial charge is 0.325 e. The molecule has 3 aromatic rings. The third-order valence-electron chi connectivity index (χ3n) is 5.30. The lowest BCUT2D eigenvalue weighted by atomic mass is 9.95. The van der Waals surface area contributed by atoms with Crippen LogP contribution in [0.5, 0.6) is 0 Å². The van der Waals surface area contributed by atoms with Gasteiger partial charge < -0.3 is 5.32 Å². The van der Waals surface area contributed by atoms with Gasteiger partial charge in [0.1, 0.15) is 0 Å². The van der Waals surface area contributed by atoms with Crippen LogP contribution < -0.4 is 5.32 Å². The van der Waals surface area contributed by atoms with Crippen molar-refractivity contribution >= 4 is 34.0 Å². The number of amides is 1. The zero-order valence-electron chi connectivity index (χ0n) is 15.2. The summed E-state index contributed by atoms with van der Waals surface area (Å²) in [6, 6.07) is 22.2. The van der Waals surface area contributed by atoms with Gasteiger partial charge in [-0.05, 0) is 55.1 Å². The summed E-state index contributed by atoms with van der Waals surface area (Å²) in [6.45, 7) is 2.75. The zero-order chi connectivity index (χ0) is 18.6. The van der Waals surface area contributed by atoms with Gasteiger partial charge >= 0.3 is 0 Å². The zero-order valence-corrected chi connectivity index (χ0v) is 16.0. The van der Waals surface area contributed by atoms with E-state index in [4.69, 9.17) is 11.6 Å². The number of nitrogens with zero attached hydrogens (tertiary/aromatic N) is 1. The number of hydrogen-bond donors (Lipinski definition) is 1. The van der Waals surface area contributed by atoms with Gasteiger partial charge in [0.15, 0.2) is 0 Å². The molecule has 1 saturated heterocycles. The first kappa shape index (κ1) is 18.0. The predicted molar refractivity (Wildman–Crippen MR) is 112 cm³/mol. The highest BCUT2D eigenvalue weighted by Crippen LogP contribution is 2.26. The second kappa shape index (κ2) is 8.12. The van der Waals surface area contributed by atoms with E-state index in [-0.39, 0.29) is 11.8 Å². The average molecular weight is 379 g/mol. The van der Waals surface area contributed by atoms with Crippen molar-refractivity contribution in [1.82, 2.24) is 4.90 Å². The van der Waals surface area contributed by atoms with E-state index in [1.807, 2.05) is 42.5 Å². The first-order valence-electron chi connectivity index (χ1n) is 9.44. The molecule has 1 heterocycles. The molecule has 138 valence electrons. The second-order valence-corrected chi connectivity index (χ2v) is 7.63. The molecule has 1 aliphatic heterocycles. The van der Waals surface area contributed by atoms with Gasteiger partial charge in [0, 0.05) is 28.6 Å². The Morgan fingerprint density at radius 3 is 2.56 bits per heavy atom. The van der Waals surface area contributed by atoms with Crippen LogP contribution in [0, 0.1) is 5.92 Å². The van der Waals surface area contributed by atoms with Gasteiger partial charge in [-0.3, -0.25) is 9.69 Å². The minimum atomic E-state index is 0.0691. The molecule has 1 fully saturated rings. The highest BCUT2D eigenvalue weighted by atomic mass is 35.5. The lowest BCUT2D eigenvalue weighted by Gasteiger charge is -2.31. The third-order valence-corrected chi connectivity index (χ3v) is 5.54. The molecule has 0 spiro atoms. The molecule has 1 amide bonds. The number of hydrogen-bond acceptors (Lipinski definition) is 2. The van der Waals surface area contributed by atoms with Gasteiger partial charge in [-0.25, -0.2) is 0 Å². The van der Waals surface area contributed by atoms with Crippen molar-refractivity contribution < 1.29 is 4.79 Å².